The Hall–Kier alpha value is -2.74. The van der Waals surface area contributed by atoms with Gasteiger partial charge in [0, 0.05) is 17.3 Å². The van der Waals surface area contributed by atoms with Crippen LogP contribution < -0.4 is 19.5 Å². The van der Waals surface area contributed by atoms with Gasteiger partial charge in [-0.25, -0.2) is 8.42 Å². The minimum atomic E-state index is -3.35. The van der Waals surface area contributed by atoms with Crippen LogP contribution in [0, 0.1) is 0 Å². The topological polar surface area (TPSA) is 93.7 Å². The molecule has 2 rings (SSSR count). The lowest BCUT2D eigenvalue weighted by molar-refractivity contribution is 0.102. The van der Waals surface area contributed by atoms with E-state index < -0.39 is 10.0 Å². The number of methoxy groups -OCH3 is 2. The van der Waals surface area contributed by atoms with E-state index in [1.165, 1.54) is 31.4 Å². The minimum absolute atomic E-state index is 0.343. The van der Waals surface area contributed by atoms with Crippen LogP contribution in [0.2, 0.25) is 0 Å². The largest absolute Gasteiger partial charge is 0.497 e. The zero-order chi connectivity index (χ0) is 17.7. The molecule has 0 radical (unpaired) electrons. The van der Waals surface area contributed by atoms with Crippen molar-refractivity contribution in [1.29, 1.82) is 0 Å². The van der Waals surface area contributed by atoms with Crippen molar-refractivity contribution in [3.05, 3.63) is 48.0 Å². The fourth-order valence-electron chi connectivity index (χ4n) is 2.00. The highest BCUT2D eigenvalue weighted by molar-refractivity contribution is 7.92. The molecule has 0 aromatic heterocycles. The van der Waals surface area contributed by atoms with Crippen LogP contribution in [0.3, 0.4) is 0 Å². The number of sulfonamides is 1. The van der Waals surface area contributed by atoms with Gasteiger partial charge in [0.2, 0.25) is 10.0 Å². The molecule has 0 saturated carbocycles. The van der Waals surface area contributed by atoms with E-state index in [9.17, 15) is 13.2 Å². The van der Waals surface area contributed by atoms with Crippen LogP contribution in [0.15, 0.2) is 42.5 Å². The second kappa shape index (κ2) is 7.22. The number of hydrogen-bond acceptors (Lipinski definition) is 5. The molecule has 2 aromatic carbocycles. The zero-order valence-electron chi connectivity index (χ0n) is 13.5. The lowest BCUT2D eigenvalue weighted by Crippen LogP contribution is -2.13. The average molecular weight is 350 g/mol. The van der Waals surface area contributed by atoms with Crippen LogP contribution >= 0.6 is 0 Å². The summed E-state index contributed by atoms with van der Waals surface area (Å²) in [6, 6.07) is 11.1. The third-order valence-electron chi connectivity index (χ3n) is 3.11. The number of hydrogen-bond donors (Lipinski definition) is 2. The molecule has 0 aliphatic rings. The van der Waals surface area contributed by atoms with Crippen LogP contribution in [0.1, 0.15) is 10.4 Å². The fraction of sp³-hybridized carbons (Fsp3) is 0.188. The van der Waals surface area contributed by atoms with Crippen molar-refractivity contribution in [2.75, 3.05) is 30.5 Å². The number of carbonyl (C=O) groups is 1. The molecule has 0 bridgehead atoms. The van der Waals surface area contributed by atoms with Crippen molar-refractivity contribution in [3.8, 4) is 11.5 Å². The first-order valence-corrected chi connectivity index (χ1v) is 8.83. The van der Waals surface area contributed by atoms with Crippen molar-refractivity contribution in [2.45, 2.75) is 0 Å². The van der Waals surface area contributed by atoms with Gasteiger partial charge >= 0.3 is 0 Å². The van der Waals surface area contributed by atoms with Gasteiger partial charge in [0.1, 0.15) is 11.5 Å². The van der Waals surface area contributed by atoms with Crippen molar-refractivity contribution < 1.29 is 22.7 Å². The van der Waals surface area contributed by atoms with E-state index in [2.05, 4.69) is 10.0 Å². The standard InChI is InChI=1S/C16H18N2O5S/c1-22-13-8-9-14(15(10-13)23-2)17-16(19)11-4-6-12(7-5-11)18-24(3,20)21/h4-10,18H,1-3H3,(H,17,19). The van der Waals surface area contributed by atoms with Crippen molar-refractivity contribution in [1.82, 2.24) is 0 Å². The maximum absolute atomic E-state index is 12.3. The van der Waals surface area contributed by atoms with Crippen LogP contribution in [0.25, 0.3) is 0 Å². The molecule has 0 atom stereocenters. The Morgan fingerprint density at radius 1 is 1.00 bits per heavy atom. The molecule has 2 aromatic rings. The Labute approximate surface area is 140 Å². The van der Waals surface area contributed by atoms with Crippen LogP contribution in [0.4, 0.5) is 11.4 Å². The van der Waals surface area contributed by atoms with Gasteiger partial charge in [-0.1, -0.05) is 0 Å². The van der Waals surface area contributed by atoms with Crippen LogP contribution in [-0.4, -0.2) is 34.8 Å². The molecule has 0 aliphatic heterocycles. The quantitative estimate of drug-likeness (QED) is 0.834. The summed E-state index contributed by atoms with van der Waals surface area (Å²) in [4.78, 5) is 12.3. The molecule has 0 unspecified atom stereocenters. The number of anilines is 2. The normalized spacial score (nSPS) is 10.8. The number of rotatable bonds is 6. The minimum Gasteiger partial charge on any atom is -0.497 e. The summed E-state index contributed by atoms with van der Waals surface area (Å²) in [5.41, 5.74) is 1.27. The molecule has 8 heteroatoms. The van der Waals surface area contributed by atoms with E-state index in [-0.39, 0.29) is 5.91 Å². The first-order valence-electron chi connectivity index (χ1n) is 6.93. The predicted octanol–water partition coefficient (Wildman–Crippen LogP) is 2.33. The van der Waals surface area contributed by atoms with E-state index in [4.69, 9.17) is 9.47 Å². The second-order valence-electron chi connectivity index (χ2n) is 4.97. The van der Waals surface area contributed by atoms with E-state index in [0.717, 1.165) is 6.26 Å². The number of ether oxygens (including phenoxy) is 2. The van der Waals surface area contributed by atoms with Crippen molar-refractivity contribution in [3.63, 3.8) is 0 Å². The summed E-state index contributed by atoms with van der Waals surface area (Å²) in [7, 11) is -0.317. The molecule has 7 nitrogen and oxygen atoms in total. The second-order valence-corrected chi connectivity index (χ2v) is 6.72. The number of nitrogens with one attached hydrogen (secondary N) is 2. The Balaban J connectivity index is 2.15. The molecule has 128 valence electrons. The summed E-state index contributed by atoms with van der Waals surface area (Å²) in [5.74, 6) is 0.739. The average Bonchev–Trinajstić information content (AvgIpc) is 2.54. The van der Waals surface area contributed by atoms with Gasteiger partial charge in [0.05, 0.1) is 26.2 Å². The highest BCUT2D eigenvalue weighted by Crippen LogP contribution is 2.29. The number of amides is 1. The molecule has 1 amide bonds. The maximum Gasteiger partial charge on any atom is 0.255 e. The maximum atomic E-state index is 12.3. The van der Waals surface area contributed by atoms with Gasteiger partial charge in [0.15, 0.2) is 0 Å². The lowest BCUT2D eigenvalue weighted by Gasteiger charge is -2.12. The third kappa shape index (κ3) is 4.63. The molecule has 0 heterocycles. The van der Waals surface area contributed by atoms with E-state index in [1.54, 1.807) is 25.3 Å². The Kier molecular flexibility index (Phi) is 5.30. The molecule has 0 saturated heterocycles. The monoisotopic (exact) mass is 350 g/mol. The number of carbonyl (C=O) groups excluding carboxylic acids is 1. The first kappa shape index (κ1) is 17.6. The predicted molar refractivity (Wildman–Crippen MR) is 92.4 cm³/mol. The molecule has 24 heavy (non-hydrogen) atoms. The third-order valence-corrected chi connectivity index (χ3v) is 3.71. The highest BCUT2D eigenvalue weighted by Gasteiger charge is 2.11. The fourth-order valence-corrected chi connectivity index (χ4v) is 2.56. The smallest absolute Gasteiger partial charge is 0.255 e. The van der Waals surface area contributed by atoms with E-state index in [1.807, 2.05) is 0 Å². The van der Waals surface area contributed by atoms with Gasteiger partial charge in [0.25, 0.3) is 5.91 Å². The highest BCUT2D eigenvalue weighted by atomic mass is 32.2. The molecule has 0 spiro atoms. The first-order chi connectivity index (χ1) is 11.3. The van der Waals surface area contributed by atoms with Gasteiger partial charge < -0.3 is 14.8 Å². The summed E-state index contributed by atoms with van der Waals surface area (Å²) in [6.45, 7) is 0. The van der Waals surface area contributed by atoms with Gasteiger partial charge in [-0.3, -0.25) is 9.52 Å². The lowest BCUT2D eigenvalue weighted by atomic mass is 10.2. The summed E-state index contributed by atoms with van der Waals surface area (Å²) in [6.07, 6.45) is 1.06. The van der Waals surface area contributed by atoms with Gasteiger partial charge in [-0.05, 0) is 36.4 Å². The zero-order valence-corrected chi connectivity index (χ0v) is 14.3. The van der Waals surface area contributed by atoms with Gasteiger partial charge in [-0.2, -0.15) is 0 Å². The van der Waals surface area contributed by atoms with Crippen LogP contribution in [-0.2, 0) is 10.0 Å². The molecule has 0 fully saturated rings. The van der Waals surface area contributed by atoms with Gasteiger partial charge in [-0.15, -0.1) is 0 Å². The van der Waals surface area contributed by atoms with Crippen molar-refractivity contribution >= 4 is 27.3 Å². The Morgan fingerprint density at radius 2 is 1.67 bits per heavy atom. The molecule has 2 N–H and O–H groups in total. The number of benzene rings is 2. The molecular weight excluding hydrogens is 332 g/mol. The summed E-state index contributed by atoms with van der Waals surface area (Å²) < 4.78 is 35.0. The summed E-state index contributed by atoms with van der Waals surface area (Å²) >= 11 is 0. The molecule has 0 aliphatic carbocycles. The van der Waals surface area contributed by atoms with Crippen molar-refractivity contribution in [2.24, 2.45) is 0 Å². The van der Waals surface area contributed by atoms with E-state index >= 15 is 0 Å². The molecular formula is C16H18N2O5S. The Morgan fingerprint density at radius 3 is 2.21 bits per heavy atom. The summed E-state index contributed by atoms with van der Waals surface area (Å²) in [5, 5.41) is 2.74. The van der Waals surface area contributed by atoms with Crippen LogP contribution in [0.5, 0.6) is 11.5 Å². The van der Waals surface area contributed by atoms with E-state index in [0.29, 0.717) is 28.4 Å². The SMILES string of the molecule is COc1ccc(NC(=O)c2ccc(NS(C)(=O)=O)cc2)c(OC)c1. The Bertz CT molecular complexity index is 832.